The second kappa shape index (κ2) is 6.19. The summed E-state index contributed by atoms with van der Waals surface area (Å²) in [5.74, 6) is 3.91. The van der Waals surface area contributed by atoms with Crippen LogP contribution >= 0.6 is 0 Å². The zero-order valence-corrected chi connectivity index (χ0v) is 18.2. The average molecular weight is 392 g/mol. The third kappa shape index (κ3) is 2.60. The van der Waals surface area contributed by atoms with Crippen LogP contribution in [0.5, 0.6) is 0 Å². The van der Waals surface area contributed by atoms with E-state index in [2.05, 4.69) is 43.2 Å². The summed E-state index contributed by atoms with van der Waals surface area (Å²) in [7, 11) is 0. The number of rotatable bonds is 2. The minimum atomic E-state index is -0.317. The average Bonchev–Trinajstić information content (AvgIpc) is 3.52. The Hall–Kier alpha value is -1.15. The Morgan fingerprint density at radius 1 is 0.966 bits per heavy atom. The lowest BCUT2D eigenvalue weighted by Gasteiger charge is -2.62. The Morgan fingerprint density at radius 2 is 1.79 bits per heavy atom. The van der Waals surface area contributed by atoms with Crippen LogP contribution in [0.2, 0.25) is 0 Å². The van der Waals surface area contributed by atoms with Crippen molar-refractivity contribution < 1.29 is 5.11 Å². The van der Waals surface area contributed by atoms with Gasteiger partial charge in [-0.2, -0.15) is 0 Å². The molecule has 1 aromatic heterocycles. The van der Waals surface area contributed by atoms with Crippen LogP contribution in [0.25, 0.3) is 5.57 Å². The van der Waals surface area contributed by atoms with E-state index in [1.807, 2.05) is 6.20 Å². The Labute approximate surface area is 176 Å². The van der Waals surface area contributed by atoms with Gasteiger partial charge in [0, 0.05) is 12.4 Å². The van der Waals surface area contributed by atoms with Crippen LogP contribution in [0.15, 0.2) is 30.6 Å². The van der Waals surface area contributed by atoms with Crippen molar-refractivity contribution >= 4 is 5.57 Å². The van der Waals surface area contributed by atoms with E-state index in [1.165, 1.54) is 56.9 Å². The van der Waals surface area contributed by atoms with Gasteiger partial charge in [0.05, 0.1) is 5.60 Å². The number of pyridine rings is 1. The van der Waals surface area contributed by atoms with Gasteiger partial charge in [-0.25, -0.2) is 0 Å². The summed E-state index contributed by atoms with van der Waals surface area (Å²) in [5, 5.41) is 11.3. The third-order valence-corrected chi connectivity index (χ3v) is 10.7. The molecule has 0 bridgehead atoms. The molecule has 1 aromatic rings. The zero-order chi connectivity index (χ0) is 19.9. The highest BCUT2D eigenvalue weighted by atomic mass is 16.3. The molecule has 0 aliphatic heterocycles. The highest BCUT2D eigenvalue weighted by Crippen LogP contribution is 2.68. The number of aromatic nitrogens is 1. The maximum atomic E-state index is 11.3. The van der Waals surface area contributed by atoms with Gasteiger partial charge in [-0.1, -0.05) is 26.0 Å². The fourth-order valence-corrected chi connectivity index (χ4v) is 8.80. The minimum Gasteiger partial charge on any atom is -0.390 e. The minimum absolute atomic E-state index is 0.317. The molecule has 6 rings (SSSR count). The summed E-state index contributed by atoms with van der Waals surface area (Å²) >= 11 is 0. The summed E-state index contributed by atoms with van der Waals surface area (Å²) in [6.07, 6.45) is 19.2. The maximum absolute atomic E-state index is 11.3. The summed E-state index contributed by atoms with van der Waals surface area (Å²) in [6, 6.07) is 4.35. The third-order valence-electron chi connectivity index (χ3n) is 10.7. The van der Waals surface area contributed by atoms with Crippen LogP contribution in [-0.2, 0) is 0 Å². The van der Waals surface area contributed by atoms with Crippen molar-refractivity contribution in [3.05, 3.63) is 36.2 Å². The molecule has 4 saturated carbocycles. The van der Waals surface area contributed by atoms with E-state index < -0.39 is 0 Å². The zero-order valence-electron chi connectivity index (χ0n) is 18.2. The SMILES string of the molecule is CC12CCC3C(CCC4CC(O)(C5CC5)CCC43C)C1CC=C2c1cccnc1. The van der Waals surface area contributed by atoms with Crippen LogP contribution < -0.4 is 0 Å². The normalized spacial score (nSPS) is 49.0. The number of hydrogen-bond donors (Lipinski definition) is 1. The summed E-state index contributed by atoms with van der Waals surface area (Å²) in [5.41, 5.74) is 3.40. The van der Waals surface area contributed by atoms with Gasteiger partial charge in [-0.3, -0.25) is 4.98 Å². The number of aliphatic hydroxyl groups is 1. The van der Waals surface area contributed by atoms with Crippen molar-refractivity contribution in [3.8, 4) is 0 Å². The lowest BCUT2D eigenvalue weighted by atomic mass is 9.43. The number of hydrogen-bond acceptors (Lipinski definition) is 2. The predicted octanol–water partition coefficient (Wildman–Crippen LogP) is 6.26. The van der Waals surface area contributed by atoms with E-state index in [-0.39, 0.29) is 5.60 Å². The molecule has 1 N–H and O–H groups in total. The molecule has 4 fully saturated rings. The van der Waals surface area contributed by atoms with Gasteiger partial charge in [0.15, 0.2) is 0 Å². The maximum Gasteiger partial charge on any atom is 0.0678 e. The summed E-state index contributed by atoms with van der Waals surface area (Å²) in [4.78, 5) is 4.41. The summed E-state index contributed by atoms with van der Waals surface area (Å²) < 4.78 is 0. The predicted molar refractivity (Wildman–Crippen MR) is 117 cm³/mol. The first-order valence-electron chi connectivity index (χ1n) is 12.3. The van der Waals surface area contributed by atoms with Crippen molar-refractivity contribution in [2.45, 2.75) is 83.7 Å². The van der Waals surface area contributed by atoms with Crippen molar-refractivity contribution in [2.24, 2.45) is 40.4 Å². The van der Waals surface area contributed by atoms with Gasteiger partial charge >= 0.3 is 0 Å². The molecule has 7 atom stereocenters. The van der Waals surface area contributed by atoms with Gasteiger partial charge in [0.25, 0.3) is 0 Å². The first kappa shape index (κ1) is 18.6. The molecule has 0 saturated heterocycles. The van der Waals surface area contributed by atoms with Crippen LogP contribution in [0.3, 0.4) is 0 Å². The molecule has 0 amide bonds. The second-order valence-corrected chi connectivity index (χ2v) is 11.8. The summed E-state index contributed by atoms with van der Waals surface area (Å²) in [6.45, 7) is 5.18. The Morgan fingerprint density at radius 3 is 2.55 bits per heavy atom. The highest BCUT2D eigenvalue weighted by Gasteiger charge is 2.61. The standard InChI is InChI=1S/C27H37NO/c1-25-13-14-27(29,19-5-6-19)16-20(25)7-8-21-23-10-9-22(18-4-3-15-28-17-18)26(23,2)12-11-24(21)25/h3-4,9,15,17,19-21,23-24,29H,5-8,10-14,16H2,1-2H3. The van der Waals surface area contributed by atoms with Crippen molar-refractivity contribution in [1.82, 2.24) is 4.98 Å². The Bertz CT molecular complexity index is 828. The molecule has 29 heavy (non-hydrogen) atoms. The molecule has 156 valence electrons. The van der Waals surface area contributed by atoms with E-state index in [4.69, 9.17) is 0 Å². The molecule has 5 aliphatic carbocycles. The lowest BCUT2D eigenvalue weighted by molar-refractivity contribution is -0.149. The van der Waals surface area contributed by atoms with Gasteiger partial charge in [-0.05, 0) is 122 Å². The van der Waals surface area contributed by atoms with E-state index >= 15 is 0 Å². The Kier molecular flexibility index (Phi) is 3.97. The molecule has 2 heteroatoms. The molecule has 1 heterocycles. The molecule has 7 unspecified atom stereocenters. The van der Waals surface area contributed by atoms with Gasteiger partial charge < -0.3 is 5.11 Å². The van der Waals surface area contributed by atoms with Crippen LogP contribution in [0.4, 0.5) is 0 Å². The van der Waals surface area contributed by atoms with Crippen molar-refractivity contribution in [1.29, 1.82) is 0 Å². The fraction of sp³-hybridized carbons (Fsp3) is 0.741. The quantitative estimate of drug-likeness (QED) is 0.645. The Balaban J connectivity index is 1.27. The fourth-order valence-electron chi connectivity index (χ4n) is 8.80. The van der Waals surface area contributed by atoms with Crippen molar-refractivity contribution in [2.75, 3.05) is 0 Å². The van der Waals surface area contributed by atoms with E-state index in [1.54, 1.807) is 5.57 Å². The lowest BCUT2D eigenvalue weighted by Crippen LogP contribution is -2.56. The highest BCUT2D eigenvalue weighted by molar-refractivity contribution is 5.72. The number of nitrogens with zero attached hydrogens (tertiary/aromatic N) is 1. The van der Waals surface area contributed by atoms with Gasteiger partial charge in [0.1, 0.15) is 0 Å². The second-order valence-electron chi connectivity index (χ2n) is 11.8. The largest absolute Gasteiger partial charge is 0.390 e. The van der Waals surface area contributed by atoms with E-state index in [9.17, 15) is 5.11 Å². The molecule has 2 nitrogen and oxygen atoms in total. The molecule has 5 aliphatic rings. The van der Waals surface area contributed by atoms with Crippen molar-refractivity contribution in [3.63, 3.8) is 0 Å². The molecule has 0 aromatic carbocycles. The van der Waals surface area contributed by atoms with Crippen LogP contribution in [0, 0.1) is 40.4 Å². The number of fused-ring (bicyclic) bond motifs is 5. The van der Waals surface area contributed by atoms with Gasteiger partial charge in [-0.15, -0.1) is 0 Å². The van der Waals surface area contributed by atoms with E-state index in [0.717, 1.165) is 36.5 Å². The van der Waals surface area contributed by atoms with Crippen LogP contribution in [-0.4, -0.2) is 15.7 Å². The molecule has 0 radical (unpaired) electrons. The monoisotopic (exact) mass is 391 g/mol. The van der Waals surface area contributed by atoms with Crippen LogP contribution in [0.1, 0.15) is 83.6 Å². The van der Waals surface area contributed by atoms with Gasteiger partial charge in [0.2, 0.25) is 0 Å². The molecule has 0 spiro atoms. The molecular weight excluding hydrogens is 354 g/mol. The van der Waals surface area contributed by atoms with E-state index in [0.29, 0.717) is 16.7 Å². The first-order valence-corrected chi connectivity index (χ1v) is 12.3. The topological polar surface area (TPSA) is 33.1 Å². The molecular formula is C27H37NO. The smallest absolute Gasteiger partial charge is 0.0678 e. The first-order chi connectivity index (χ1) is 13.9. The number of allylic oxidation sites excluding steroid dienone is 2.